The predicted molar refractivity (Wildman–Crippen MR) is 108 cm³/mol. The first-order valence-electron chi connectivity index (χ1n) is 9.74. The van der Waals surface area contributed by atoms with Gasteiger partial charge in [0.1, 0.15) is 21.6 Å². The zero-order valence-corrected chi connectivity index (χ0v) is 17.4. The summed E-state index contributed by atoms with van der Waals surface area (Å²) in [6.07, 6.45) is -1.27. The summed E-state index contributed by atoms with van der Waals surface area (Å²) in [5, 5.41) is 5.17. The standard InChI is InChI=1S/C19H20F3N7S/c1-8-6-12(19(20,21)22)24-18-14(8)15-16(30-18)17-25-13(28-29(17)7-23-15)5-4-11-9(2)26-27-10(11)3/h6-7,9-11,26-27H,4-5H2,1-3H3. The molecule has 7 nitrogen and oxygen atoms in total. The fourth-order valence-corrected chi connectivity index (χ4v) is 5.39. The Morgan fingerprint density at radius 3 is 2.60 bits per heavy atom. The summed E-state index contributed by atoms with van der Waals surface area (Å²) < 4.78 is 41.8. The highest BCUT2D eigenvalue weighted by Gasteiger charge is 2.34. The SMILES string of the molecule is Cc1cc(C(F)(F)F)nc2sc3c(ncn4nc(CCC5C(C)NNC5C)nc34)c12. The van der Waals surface area contributed by atoms with E-state index in [-0.39, 0.29) is 0 Å². The van der Waals surface area contributed by atoms with Crippen LogP contribution in [0.3, 0.4) is 0 Å². The minimum atomic E-state index is -4.49. The van der Waals surface area contributed by atoms with Crippen LogP contribution in [-0.4, -0.2) is 36.6 Å². The molecule has 158 valence electrons. The van der Waals surface area contributed by atoms with Gasteiger partial charge in [0.25, 0.3) is 0 Å². The Labute approximate surface area is 173 Å². The van der Waals surface area contributed by atoms with Crippen molar-refractivity contribution in [1.82, 2.24) is 35.4 Å². The Morgan fingerprint density at radius 1 is 1.17 bits per heavy atom. The van der Waals surface area contributed by atoms with Crippen molar-refractivity contribution >= 4 is 37.4 Å². The summed E-state index contributed by atoms with van der Waals surface area (Å²) in [6.45, 7) is 5.94. The van der Waals surface area contributed by atoms with E-state index in [0.717, 1.165) is 12.5 Å². The number of rotatable bonds is 3. The Kier molecular flexibility index (Phi) is 4.46. The maximum Gasteiger partial charge on any atom is 0.433 e. The van der Waals surface area contributed by atoms with E-state index < -0.39 is 11.9 Å². The molecule has 0 bridgehead atoms. The summed E-state index contributed by atoms with van der Waals surface area (Å²) in [6, 6.07) is 1.80. The van der Waals surface area contributed by atoms with E-state index in [4.69, 9.17) is 0 Å². The Balaban J connectivity index is 1.56. The van der Waals surface area contributed by atoms with Crippen LogP contribution in [0.15, 0.2) is 12.4 Å². The molecule has 1 fully saturated rings. The smallest absolute Gasteiger partial charge is 0.254 e. The molecule has 0 aromatic carbocycles. The number of halogens is 3. The van der Waals surface area contributed by atoms with Gasteiger partial charge in [-0.05, 0) is 44.7 Å². The van der Waals surface area contributed by atoms with Gasteiger partial charge in [0.2, 0.25) is 0 Å². The lowest BCUT2D eigenvalue weighted by molar-refractivity contribution is -0.141. The monoisotopic (exact) mass is 435 g/mol. The van der Waals surface area contributed by atoms with Gasteiger partial charge in [-0.3, -0.25) is 10.9 Å². The maximum atomic E-state index is 13.2. The number of hydrazine groups is 1. The Hall–Kier alpha value is -2.37. The zero-order valence-electron chi connectivity index (χ0n) is 16.6. The van der Waals surface area contributed by atoms with E-state index in [2.05, 4.69) is 44.7 Å². The highest BCUT2D eigenvalue weighted by atomic mass is 32.1. The highest BCUT2D eigenvalue weighted by molar-refractivity contribution is 7.26. The summed E-state index contributed by atoms with van der Waals surface area (Å²) >= 11 is 1.18. The average Bonchev–Trinajstić information content (AvgIpc) is 3.34. The largest absolute Gasteiger partial charge is 0.433 e. The molecule has 2 N–H and O–H groups in total. The molecule has 1 saturated heterocycles. The number of nitrogens with zero attached hydrogens (tertiary/aromatic N) is 5. The molecule has 1 aliphatic rings. The number of hydrogen-bond donors (Lipinski definition) is 2. The van der Waals surface area contributed by atoms with Gasteiger partial charge in [0.05, 0.1) is 5.52 Å². The minimum Gasteiger partial charge on any atom is -0.254 e. The van der Waals surface area contributed by atoms with Crippen LogP contribution in [0.1, 0.15) is 37.4 Å². The normalized spacial score (nSPS) is 22.7. The molecular formula is C19H20F3N7S. The number of fused-ring (bicyclic) bond motifs is 5. The number of hydrogen-bond acceptors (Lipinski definition) is 7. The van der Waals surface area contributed by atoms with Crippen LogP contribution >= 0.6 is 11.3 Å². The van der Waals surface area contributed by atoms with Gasteiger partial charge in [-0.15, -0.1) is 16.4 Å². The molecule has 4 aromatic heterocycles. The molecule has 4 aromatic rings. The summed E-state index contributed by atoms with van der Waals surface area (Å²) in [4.78, 5) is 13.3. The van der Waals surface area contributed by atoms with Gasteiger partial charge in [-0.1, -0.05) is 0 Å². The summed E-state index contributed by atoms with van der Waals surface area (Å²) in [5.41, 5.74) is 7.33. The van der Waals surface area contributed by atoms with Crippen molar-refractivity contribution in [3.8, 4) is 0 Å². The molecule has 0 amide bonds. The second-order valence-electron chi connectivity index (χ2n) is 7.89. The first kappa shape index (κ1) is 19.6. The maximum absolute atomic E-state index is 13.2. The van der Waals surface area contributed by atoms with Crippen LogP contribution in [0.4, 0.5) is 13.2 Å². The van der Waals surface area contributed by atoms with Crippen molar-refractivity contribution in [2.45, 2.75) is 51.9 Å². The number of nitrogens with one attached hydrogen (secondary N) is 2. The van der Waals surface area contributed by atoms with E-state index in [0.29, 0.717) is 61.9 Å². The van der Waals surface area contributed by atoms with Crippen molar-refractivity contribution in [1.29, 1.82) is 0 Å². The van der Waals surface area contributed by atoms with E-state index in [1.807, 2.05) is 0 Å². The molecule has 5 rings (SSSR count). The van der Waals surface area contributed by atoms with Gasteiger partial charge in [0.15, 0.2) is 11.5 Å². The molecule has 0 aliphatic carbocycles. The van der Waals surface area contributed by atoms with Gasteiger partial charge in [-0.2, -0.15) is 13.2 Å². The van der Waals surface area contributed by atoms with Gasteiger partial charge in [-0.25, -0.2) is 19.5 Å². The lowest BCUT2D eigenvalue weighted by atomic mass is 9.91. The molecule has 5 heterocycles. The quantitative estimate of drug-likeness (QED) is 0.511. The van der Waals surface area contributed by atoms with Crippen LogP contribution < -0.4 is 10.9 Å². The van der Waals surface area contributed by atoms with Crippen LogP contribution in [0.2, 0.25) is 0 Å². The molecule has 2 unspecified atom stereocenters. The fourth-order valence-electron chi connectivity index (χ4n) is 4.21. The van der Waals surface area contributed by atoms with Crippen molar-refractivity contribution in [3.63, 3.8) is 0 Å². The highest BCUT2D eigenvalue weighted by Crippen LogP contribution is 2.38. The first-order valence-corrected chi connectivity index (χ1v) is 10.6. The van der Waals surface area contributed by atoms with Gasteiger partial charge < -0.3 is 0 Å². The molecule has 1 aliphatic heterocycles. The Morgan fingerprint density at radius 2 is 1.90 bits per heavy atom. The summed E-state index contributed by atoms with van der Waals surface area (Å²) in [5.74, 6) is 1.17. The van der Waals surface area contributed by atoms with E-state index >= 15 is 0 Å². The number of aryl methyl sites for hydroxylation is 2. The van der Waals surface area contributed by atoms with Crippen LogP contribution in [0.25, 0.3) is 26.1 Å². The minimum absolute atomic E-state index is 0.313. The van der Waals surface area contributed by atoms with Crippen LogP contribution in [-0.2, 0) is 12.6 Å². The third-order valence-corrected chi connectivity index (χ3v) is 6.89. The van der Waals surface area contributed by atoms with Gasteiger partial charge >= 0.3 is 6.18 Å². The zero-order chi connectivity index (χ0) is 21.2. The Bertz CT molecular complexity index is 1250. The number of aromatic nitrogens is 5. The summed E-state index contributed by atoms with van der Waals surface area (Å²) in [7, 11) is 0. The van der Waals surface area contributed by atoms with E-state index in [1.54, 1.807) is 17.8 Å². The van der Waals surface area contributed by atoms with Crippen molar-refractivity contribution in [2.75, 3.05) is 0 Å². The van der Waals surface area contributed by atoms with E-state index in [9.17, 15) is 13.2 Å². The molecule has 11 heteroatoms. The number of thiophene rings is 1. The molecule has 0 spiro atoms. The third-order valence-electron chi connectivity index (χ3n) is 5.82. The molecule has 0 radical (unpaired) electrons. The molecular weight excluding hydrogens is 415 g/mol. The van der Waals surface area contributed by atoms with Crippen LogP contribution in [0.5, 0.6) is 0 Å². The average molecular weight is 435 g/mol. The van der Waals surface area contributed by atoms with E-state index in [1.165, 1.54) is 11.3 Å². The predicted octanol–water partition coefficient (Wildman–Crippen LogP) is 3.65. The van der Waals surface area contributed by atoms with Crippen LogP contribution in [0, 0.1) is 12.8 Å². The lowest BCUT2D eigenvalue weighted by Crippen LogP contribution is -2.30. The first-order chi connectivity index (χ1) is 14.2. The topological polar surface area (TPSA) is 80.0 Å². The molecule has 0 saturated carbocycles. The van der Waals surface area contributed by atoms with Gasteiger partial charge in [0, 0.05) is 23.9 Å². The number of alkyl halides is 3. The van der Waals surface area contributed by atoms with Crippen molar-refractivity contribution in [2.24, 2.45) is 5.92 Å². The van der Waals surface area contributed by atoms with Crippen molar-refractivity contribution in [3.05, 3.63) is 29.5 Å². The third kappa shape index (κ3) is 3.12. The fraction of sp³-hybridized carbons (Fsp3) is 0.474. The number of pyridine rings is 1. The molecule has 30 heavy (non-hydrogen) atoms. The second kappa shape index (κ2) is 6.82. The second-order valence-corrected chi connectivity index (χ2v) is 8.89. The molecule has 2 atom stereocenters. The van der Waals surface area contributed by atoms with Crippen molar-refractivity contribution < 1.29 is 13.2 Å². The lowest BCUT2D eigenvalue weighted by Gasteiger charge is -2.16.